The summed E-state index contributed by atoms with van der Waals surface area (Å²) in [5.41, 5.74) is 0. The van der Waals surface area contributed by atoms with Crippen molar-refractivity contribution in [2.75, 3.05) is 79.0 Å². The van der Waals surface area contributed by atoms with Crippen molar-refractivity contribution < 1.29 is 0 Å². The minimum atomic E-state index is 0.650. The third-order valence-corrected chi connectivity index (χ3v) is 5.40. The molecule has 6 heteroatoms. The lowest BCUT2D eigenvalue weighted by atomic mass is 10.1. The van der Waals surface area contributed by atoms with Gasteiger partial charge in [0.25, 0.3) is 0 Å². The van der Waals surface area contributed by atoms with Crippen LogP contribution in [0.1, 0.15) is 13.8 Å². The van der Waals surface area contributed by atoms with Gasteiger partial charge in [-0.3, -0.25) is 19.7 Å². The molecule has 0 amide bonds. The van der Waals surface area contributed by atoms with E-state index in [4.69, 9.17) is 0 Å². The topological polar surface area (TPSA) is 37.4 Å². The van der Waals surface area contributed by atoms with Gasteiger partial charge in [0, 0.05) is 85.1 Å². The van der Waals surface area contributed by atoms with Gasteiger partial charge in [-0.15, -0.1) is 0 Å². The minimum absolute atomic E-state index is 0.650. The lowest BCUT2D eigenvalue weighted by Gasteiger charge is -2.47. The van der Waals surface area contributed by atoms with Crippen molar-refractivity contribution in [1.29, 1.82) is 0 Å². The van der Waals surface area contributed by atoms with Crippen LogP contribution in [0.2, 0.25) is 0 Å². The molecule has 4 saturated heterocycles. The number of nitrogens with zero attached hydrogens (tertiary/aromatic N) is 5. The first-order valence-corrected chi connectivity index (χ1v) is 9.30. The first-order chi connectivity index (χ1) is 11.2. The zero-order chi connectivity index (χ0) is 16.2. The fourth-order valence-corrected chi connectivity index (χ4v) is 4.12. The van der Waals surface area contributed by atoms with Gasteiger partial charge in [0.2, 0.25) is 0 Å². The van der Waals surface area contributed by atoms with Crippen molar-refractivity contribution in [3.8, 4) is 0 Å². The SMILES string of the molecule is CN=C(NCC1CN2CCN1CC2)N1CCN(CC(C)C)CC1. The van der Waals surface area contributed by atoms with Crippen LogP contribution in [0.4, 0.5) is 0 Å². The zero-order valence-corrected chi connectivity index (χ0v) is 15.2. The molecule has 0 radical (unpaired) electrons. The maximum atomic E-state index is 4.52. The molecule has 132 valence electrons. The zero-order valence-electron chi connectivity index (χ0n) is 15.2. The van der Waals surface area contributed by atoms with Gasteiger partial charge in [-0.1, -0.05) is 13.8 Å². The van der Waals surface area contributed by atoms with E-state index in [1.807, 2.05) is 7.05 Å². The Kier molecular flexibility index (Phi) is 5.77. The second-order valence-electron chi connectivity index (χ2n) is 7.60. The van der Waals surface area contributed by atoms with E-state index in [1.54, 1.807) is 0 Å². The van der Waals surface area contributed by atoms with Crippen molar-refractivity contribution in [3.63, 3.8) is 0 Å². The molecule has 2 bridgehead atoms. The summed E-state index contributed by atoms with van der Waals surface area (Å²) in [7, 11) is 1.92. The van der Waals surface area contributed by atoms with E-state index in [2.05, 4.69) is 43.8 Å². The molecule has 4 aliphatic rings. The number of piperazine rings is 4. The van der Waals surface area contributed by atoms with Gasteiger partial charge in [-0.05, 0) is 5.92 Å². The average Bonchev–Trinajstić information content (AvgIpc) is 2.57. The largest absolute Gasteiger partial charge is 0.355 e. The maximum absolute atomic E-state index is 4.52. The van der Waals surface area contributed by atoms with E-state index in [1.165, 1.54) is 39.3 Å². The lowest BCUT2D eigenvalue weighted by molar-refractivity contribution is 0.0151. The third-order valence-electron chi connectivity index (χ3n) is 5.40. The second-order valence-corrected chi connectivity index (χ2v) is 7.60. The Hall–Kier alpha value is -0.850. The van der Waals surface area contributed by atoms with Gasteiger partial charge in [0.1, 0.15) is 0 Å². The number of nitrogens with one attached hydrogen (secondary N) is 1. The molecular weight excluding hydrogens is 288 g/mol. The molecule has 1 N–H and O–H groups in total. The Morgan fingerprint density at radius 3 is 2.26 bits per heavy atom. The van der Waals surface area contributed by atoms with Crippen LogP contribution in [-0.2, 0) is 0 Å². The van der Waals surface area contributed by atoms with Gasteiger partial charge >= 0.3 is 0 Å². The van der Waals surface area contributed by atoms with Crippen molar-refractivity contribution in [2.24, 2.45) is 10.9 Å². The Labute approximate surface area is 141 Å². The van der Waals surface area contributed by atoms with E-state index < -0.39 is 0 Å². The monoisotopic (exact) mass is 322 g/mol. The highest BCUT2D eigenvalue weighted by Crippen LogP contribution is 2.15. The molecule has 0 aliphatic carbocycles. The predicted molar refractivity (Wildman–Crippen MR) is 96.0 cm³/mol. The molecule has 4 heterocycles. The number of aliphatic imine (C=N–C) groups is 1. The Balaban J connectivity index is 1.44. The smallest absolute Gasteiger partial charge is 0.193 e. The van der Waals surface area contributed by atoms with Gasteiger partial charge < -0.3 is 10.2 Å². The maximum Gasteiger partial charge on any atom is 0.193 e. The summed E-state index contributed by atoms with van der Waals surface area (Å²) in [5.74, 6) is 1.84. The van der Waals surface area contributed by atoms with Gasteiger partial charge in [0.05, 0.1) is 0 Å². The highest BCUT2D eigenvalue weighted by Gasteiger charge is 2.32. The third kappa shape index (κ3) is 4.37. The molecule has 0 aromatic carbocycles. The van der Waals surface area contributed by atoms with Crippen LogP contribution in [0.5, 0.6) is 0 Å². The van der Waals surface area contributed by atoms with Gasteiger partial charge in [-0.2, -0.15) is 0 Å². The first kappa shape index (κ1) is 17.0. The van der Waals surface area contributed by atoms with Gasteiger partial charge in [0.15, 0.2) is 5.96 Å². The summed E-state index contributed by atoms with van der Waals surface area (Å²) in [5, 5.41) is 3.64. The molecule has 4 rings (SSSR count). The minimum Gasteiger partial charge on any atom is -0.355 e. The molecule has 0 saturated carbocycles. The molecular formula is C17H34N6. The Bertz CT molecular complexity index is 394. The van der Waals surface area contributed by atoms with Crippen LogP contribution in [0.25, 0.3) is 0 Å². The number of fused-ring (bicyclic) bond motifs is 3. The van der Waals surface area contributed by atoms with Crippen LogP contribution in [0, 0.1) is 5.92 Å². The summed E-state index contributed by atoms with van der Waals surface area (Å²) < 4.78 is 0. The van der Waals surface area contributed by atoms with Crippen molar-refractivity contribution in [3.05, 3.63) is 0 Å². The van der Waals surface area contributed by atoms with E-state index in [9.17, 15) is 0 Å². The number of rotatable bonds is 4. The second kappa shape index (κ2) is 7.81. The summed E-state index contributed by atoms with van der Waals surface area (Å²) in [6.07, 6.45) is 0. The Morgan fingerprint density at radius 2 is 1.74 bits per heavy atom. The highest BCUT2D eigenvalue weighted by molar-refractivity contribution is 5.80. The summed E-state index contributed by atoms with van der Waals surface area (Å²) in [6.45, 7) is 17.5. The van der Waals surface area contributed by atoms with E-state index in [-0.39, 0.29) is 0 Å². The predicted octanol–water partition coefficient (Wildman–Crippen LogP) is -0.165. The molecule has 0 spiro atoms. The van der Waals surface area contributed by atoms with Crippen LogP contribution in [-0.4, -0.2) is 111 Å². The van der Waals surface area contributed by atoms with Crippen molar-refractivity contribution in [1.82, 2.24) is 24.9 Å². The van der Waals surface area contributed by atoms with Gasteiger partial charge in [-0.25, -0.2) is 0 Å². The normalized spacial score (nSPS) is 32.6. The Morgan fingerprint density at radius 1 is 1.04 bits per heavy atom. The van der Waals surface area contributed by atoms with E-state index in [0.717, 1.165) is 44.6 Å². The fourth-order valence-electron chi connectivity index (χ4n) is 4.12. The standard InChI is InChI=1S/C17H34N6/c1-15(2)13-20-6-10-23(11-7-20)17(18-3)19-12-16-14-21-4-8-22(16)9-5-21/h15-16H,4-14H2,1-3H3,(H,18,19). The number of hydrogen-bond acceptors (Lipinski definition) is 4. The molecule has 0 aromatic heterocycles. The number of hydrogen-bond donors (Lipinski definition) is 1. The fraction of sp³-hybridized carbons (Fsp3) is 0.941. The van der Waals surface area contributed by atoms with Crippen LogP contribution < -0.4 is 5.32 Å². The van der Waals surface area contributed by atoms with Crippen LogP contribution >= 0.6 is 0 Å². The number of guanidine groups is 1. The summed E-state index contributed by atoms with van der Waals surface area (Å²) >= 11 is 0. The molecule has 6 nitrogen and oxygen atoms in total. The summed E-state index contributed by atoms with van der Waals surface area (Å²) in [6, 6.07) is 0.650. The molecule has 0 aromatic rings. The van der Waals surface area contributed by atoms with Crippen LogP contribution in [0.15, 0.2) is 4.99 Å². The van der Waals surface area contributed by atoms with Crippen molar-refractivity contribution in [2.45, 2.75) is 19.9 Å². The summed E-state index contributed by atoms with van der Waals surface area (Å²) in [4.78, 5) is 14.8. The molecule has 4 fully saturated rings. The highest BCUT2D eigenvalue weighted by atomic mass is 15.4. The van der Waals surface area contributed by atoms with E-state index in [0.29, 0.717) is 6.04 Å². The molecule has 1 unspecified atom stereocenters. The molecule has 1 atom stereocenters. The van der Waals surface area contributed by atoms with Crippen molar-refractivity contribution >= 4 is 5.96 Å². The lowest BCUT2D eigenvalue weighted by Crippen LogP contribution is -2.64. The molecule has 4 aliphatic heterocycles. The van der Waals surface area contributed by atoms with Crippen LogP contribution in [0.3, 0.4) is 0 Å². The van der Waals surface area contributed by atoms with E-state index >= 15 is 0 Å². The quantitative estimate of drug-likeness (QED) is 0.575. The molecule has 23 heavy (non-hydrogen) atoms. The first-order valence-electron chi connectivity index (χ1n) is 9.30. The average molecular weight is 323 g/mol.